The second-order valence-electron chi connectivity index (χ2n) is 4.89. The number of nitrogens with zero attached hydrogens (tertiary/aromatic N) is 2. The van der Waals surface area contributed by atoms with Crippen LogP contribution in [-0.4, -0.2) is 24.7 Å². The van der Waals surface area contributed by atoms with Gasteiger partial charge in [-0.15, -0.1) is 0 Å². The van der Waals surface area contributed by atoms with Crippen LogP contribution >= 0.6 is 0 Å². The highest BCUT2D eigenvalue weighted by atomic mass is 16.5. The lowest BCUT2D eigenvalue weighted by Gasteiger charge is -2.21. The van der Waals surface area contributed by atoms with E-state index in [0.29, 0.717) is 5.69 Å². The molecule has 0 saturated carbocycles. The fourth-order valence-corrected chi connectivity index (χ4v) is 2.03. The SMILES string of the molecule is CCOC(=O)C(C)(C#N)Cc1ncc(C)c(OC)c1C. The number of aromatic nitrogens is 1. The van der Waals surface area contributed by atoms with E-state index in [0.717, 1.165) is 16.9 Å². The maximum Gasteiger partial charge on any atom is 0.326 e. The molecule has 0 saturated heterocycles. The van der Waals surface area contributed by atoms with E-state index in [1.807, 2.05) is 19.9 Å². The van der Waals surface area contributed by atoms with Crippen LogP contribution in [0.1, 0.15) is 30.7 Å². The average molecular weight is 276 g/mol. The number of aryl methyl sites for hydroxylation is 1. The predicted octanol–water partition coefficient (Wildman–Crippen LogP) is 2.34. The lowest BCUT2D eigenvalue weighted by molar-refractivity contribution is -0.151. The van der Waals surface area contributed by atoms with Crippen LogP contribution in [0.15, 0.2) is 6.20 Å². The summed E-state index contributed by atoms with van der Waals surface area (Å²) >= 11 is 0. The Bertz CT molecular complexity index is 549. The van der Waals surface area contributed by atoms with Crippen LogP contribution in [0.25, 0.3) is 0 Å². The van der Waals surface area contributed by atoms with Gasteiger partial charge in [0.2, 0.25) is 0 Å². The highest BCUT2D eigenvalue weighted by molar-refractivity contribution is 5.80. The molecule has 5 heteroatoms. The fraction of sp³-hybridized carbons (Fsp3) is 0.533. The van der Waals surface area contributed by atoms with Crippen LogP contribution in [-0.2, 0) is 16.0 Å². The second-order valence-corrected chi connectivity index (χ2v) is 4.89. The van der Waals surface area contributed by atoms with Gasteiger partial charge in [0, 0.05) is 29.4 Å². The molecule has 0 aliphatic carbocycles. The van der Waals surface area contributed by atoms with E-state index in [4.69, 9.17) is 9.47 Å². The third kappa shape index (κ3) is 3.08. The maximum absolute atomic E-state index is 11.9. The Morgan fingerprint density at radius 1 is 1.50 bits per heavy atom. The van der Waals surface area contributed by atoms with Crippen LogP contribution in [0.4, 0.5) is 0 Å². The molecule has 0 radical (unpaired) electrons. The van der Waals surface area contributed by atoms with Gasteiger partial charge in [0.25, 0.3) is 0 Å². The van der Waals surface area contributed by atoms with Gasteiger partial charge < -0.3 is 9.47 Å². The highest BCUT2D eigenvalue weighted by Crippen LogP contribution is 2.29. The molecule has 0 N–H and O–H groups in total. The first kappa shape index (κ1) is 16.0. The molecule has 1 heterocycles. The first-order valence-electron chi connectivity index (χ1n) is 6.47. The Kier molecular flexibility index (Phi) is 5.09. The fourth-order valence-electron chi connectivity index (χ4n) is 2.03. The first-order valence-corrected chi connectivity index (χ1v) is 6.47. The molecule has 1 atom stereocenters. The summed E-state index contributed by atoms with van der Waals surface area (Å²) in [6.45, 7) is 7.31. The number of hydrogen-bond donors (Lipinski definition) is 0. The topological polar surface area (TPSA) is 72.2 Å². The minimum absolute atomic E-state index is 0.199. The maximum atomic E-state index is 11.9. The minimum atomic E-state index is -1.24. The van der Waals surface area contributed by atoms with Gasteiger partial charge in [0.15, 0.2) is 5.41 Å². The molecule has 1 aromatic heterocycles. The van der Waals surface area contributed by atoms with Gasteiger partial charge in [0.1, 0.15) is 5.75 Å². The van der Waals surface area contributed by atoms with Gasteiger partial charge >= 0.3 is 5.97 Å². The molecule has 0 spiro atoms. The van der Waals surface area contributed by atoms with Crippen LogP contribution in [0, 0.1) is 30.6 Å². The van der Waals surface area contributed by atoms with Crippen LogP contribution in [0.3, 0.4) is 0 Å². The number of carbonyl (C=O) groups is 1. The van der Waals surface area contributed by atoms with Crippen LogP contribution in [0.2, 0.25) is 0 Å². The largest absolute Gasteiger partial charge is 0.496 e. The number of ether oxygens (including phenoxy) is 2. The van der Waals surface area contributed by atoms with Crippen LogP contribution in [0.5, 0.6) is 5.75 Å². The van der Waals surface area contributed by atoms with Crippen molar-refractivity contribution in [1.82, 2.24) is 4.98 Å². The Morgan fingerprint density at radius 2 is 2.15 bits per heavy atom. The Hall–Kier alpha value is -2.09. The minimum Gasteiger partial charge on any atom is -0.496 e. The highest BCUT2D eigenvalue weighted by Gasteiger charge is 2.36. The first-order chi connectivity index (χ1) is 9.39. The zero-order chi connectivity index (χ0) is 15.3. The molecule has 5 nitrogen and oxygen atoms in total. The van der Waals surface area contributed by atoms with E-state index in [1.54, 1.807) is 27.2 Å². The molecule has 0 fully saturated rings. The summed E-state index contributed by atoms with van der Waals surface area (Å²) in [5, 5.41) is 9.31. The van der Waals surface area contributed by atoms with Crippen LogP contribution < -0.4 is 4.74 Å². The third-order valence-electron chi connectivity index (χ3n) is 3.24. The molecule has 1 rings (SSSR count). The number of methoxy groups -OCH3 is 1. The monoisotopic (exact) mass is 276 g/mol. The third-order valence-corrected chi connectivity index (χ3v) is 3.24. The number of rotatable bonds is 5. The molecule has 0 bridgehead atoms. The Balaban J connectivity index is 3.15. The van der Waals surface area contributed by atoms with Crippen molar-refractivity contribution in [2.24, 2.45) is 5.41 Å². The van der Waals surface area contributed by atoms with Crippen molar-refractivity contribution in [1.29, 1.82) is 5.26 Å². The van der Waals surface area contributed by atoms with E-state index in [2.05, 4.69) is 4.98 Å². The molecule has 0 amide bonds. The van der Waals surface area contributed by atoms with Crippen molar-refractivity contribution in [3.05, 3.63) is 23.0 Å². The summed E-state index contributed by atoms with van der Waals surface area (Å²) in [6, 6.07) is 2.04. The smallest absolute Gasteiger partial charge is 0.326 e. The summed E-state index contributed by atoms with van der Waals surface area (Å²) < 4.78 is 10.3. The van der Waals surface area contributed by atoms with E-state index in [9.17, 15) is 10.1 Å². The van der Waals surface area contributed by atoms with Gasteiger partial charge in [-0.2, -0.15) is 5.26 Å². The summed E-state index contributed by atoms with van der Waals surface area (Å²) in [7, 11) is 1.59. The van der Waals surface area contributed by atoms with Gasteiger partial charge in [-0.1, -0.05) is 0 Å². The number of nitriles is 1. The van der Waals surface area contributed by atoms with E-state index >= 15 is 0 Å². The zero-order valence-electron chi connectivity index (χ0n) is 12.6. The van der Waals surface area contributed by atoms with Crippen molar-refractivity contribution >= 4 is 5.97 Å². The molecule has 1 aromatic rings. The molecule has 20 heavy (non-hydrogen) atoms. The summed E-state index contributed by atoms with van der Waals surface area (Å²) in [6.07, 6.45) is 1.88. The number of carbonyl (C=O) groups excluding carboxylic acids is 1. The van der Waals surface area contributed by atoms with E-state index in [-0.39, 0.29) is 13.0 Å². The quantitative estimate of drug-likeness (QED) is 0.772. The molecule has 1 unspecified atom stereocenters. The van der Waals surface area contributed by atoms with Crippen molar-refractivity contribution in [2.75, 3.05) is 13.7 Å². The van der Waals surface area contributed by atoms with Crippen molar-refractivity contribution in [2.45, 2.75) is 34.1 Å². The number of pyridine rings is 1. The van der Waals surface area contributed by atoms with Gasteiger partial charge in [-0.3, -0.25) is 9.78 Å². The number of esters is 1. The second kappa shape index (κ2) is 6.38. The van der Waals surface area contributed by atoms with E-state index in [1.165, 1.54) is 0 Å². The predicted molar refractivity (Wildman–Crippen MR) is 74.3 cm³/mol. The molecular weight excluding hydrogens is 256 g/mol. The standard InChI is InChI=1S/C15H20N2O3/c1-6-20-14(18)15(4,9-16)7-12-11(3)13(19-5)10(2)8-17-12/h8H,6-7H2,1-5H3. The molecule has 0 aliphatic rings. The lowest BCUT2D eigenvalue weighted by Crippen LogP contribution is -2.31. The molecule has 0 aromatic carbocycles. The summed E-state index contributed by atoms with van der Waals surface area (Å²) in [5.41, 5.74) is 1.19. The lowest BCUT2D eigenvalue weighted by atomic mass is 9.85. The van der Waals surface area contributed by atoms with Crippen molar-refractivity contribution in [3.8, 4) is 11.8 Å². The average Bonchev–Trinajstić information content (AvgIpc) is 2.42. The Morgan fingerprint density at radius 3 is 2.65 bits per heavy atom. The summed E-state index contributed by atoms with van der Waals surface area (Å²) in [5.74, 6) is 0.211. The van der Waals surface area contributed by atoms with E-state index < -0.39 is 11.4 Å². The molecular formula is C15H20N2O3. The van der Waals surface area contributed by atoms with Gasteiger partial charge in [0.05, 0.1) is 19.8 Å². The normalized spacial score (nSPS) is 13.2. The number of hydrogen-bond acceptors (Lipinski definition) is 5. The summed E-state index contributed by atoms with van der Waals surface area (Å²) in [4.78, 5) is 16.3. The van der Waals surface area contributed by atoms with Crippen molar-refractivity contribution in [3.63, 3.8) is 0 Å². The van der Waals surface area contributed by atoms with Gasteiger partial charge in [-0.05, 0) is 27.7 Å². The Labute approximate surface area is 119 Å². The van der Waals surface area contributed by atoms with Gasteiger partial charge in [-0.25, -0.2) is 0 Å². The molecule has 0 aliphatic heterocycles. The molecule has 108 valence electrons. The van der Waals surface area contributed by atoms with Crippen molar-refractivity contribution < 1.29 is 14.3 Å². The zero-order valence-corrected chi connectivity index (χ0v) is 12.6.